The summed E-state index contributed by atoms with van der Waals surface area (Å²) in [6, 6.07) is 1.02. The smallest absolute Gasteiger partial charge is 0.326 e. The van der Waals surface area contributed by atoms with E-state index in [9.17, 15) is 23.5 Å². The zero-order chi connectivity index (χ0) is 19.6. The van der Waals surface area contributed by atoms with Crippen molar-refractivity contribution in [1.29, 1.82) is 0 Å². The number of aliphatic carboxylic acids is 1. The lowest BCUT2D eigenvalue weighted by molar-refractivity contribution is -0.148. The number of carbonyl (C=O) groups excluding carboxylic acids is 1. The summed E-state index contributed by atoms with van der Waals surface area (Å²) in [4.78, 5) is 25.2. The monoisotopic (exact) mass is 399 g/mol. The third kappa shape index (κ3) is 4.40. The molecule has 1 aromatic rings. The largest absolute Gasteiger partial charge is 0.480 e. The Morgan fingerprint density at radius 2 is 2.00 bits per heavy atom. The Balaban J connectivity index is 1.72. The van der Waals surface area contributed by atoms with Crippen LogP contribution in [0.4, 0.5) is 8.78 Å². The molecule has 1 aliphatic heterocycles. The van der Waals surface area contributed by atoms with Gasteiger partial charge in [-0.15, -0.1) is 0 Å². The molecule has 0 spiro atoms. The van der Waals surface area contributed by atoms with E-state index in [4.69, 9.17) is 16.3 Å². The number of carboxylic acid groups (broad SMARTS) is 1. The van der Waals surface area contributed by atoms with E-state index in [0.29, 0.717) is 6.42 Å². The van der Waals surface area contributed by atoms with Gasteiger partial charge in [0.1, 0.15) is 11.8 Å². The summed E-state index contributed by atoms with van der Waals surface area (Å²) in [5, 5.41) is 9.28. The number of hydrogen-bond donors (Lipinski definition) is 1. The summed E-state index contributed by atoms with van der Waals surface area (Å²) in [6.07, 6.45) is 6.59. The molecule has 1 N–H and O–H groups in total. The number of amides is 1. The molecule has 2 aliphatic rings. The van der Waals surface area contributed by atoms with Crippen LogP contribution >= 0.6 is 11.6 Å². The highest BCUT2D eigenvalue weighted by atomic mass is 35.5. The molecule has 1 saturated carbocycles. The van der Waals surface area contributed by atoms with Crippen molar-refractivity contribution in [1.82, 2.24) is 4.90 Å². The van der Waals surface area contributed by atoms with E-state index in [-0.39, 0.29) is 23.2 Å². The van der Waals surface area contributed by atoms with Gasteiger partial charge in [-0.3, -0.25) is 4.79 Å². The highest BCUT2D eigenvalue weighted by Crippen LogP contribution is 2.32. The third-order valence-electron chi connectivity index (χ3n) is 5.07. The van der Waals surface area contributed by atoms with Crippen LogP contribution in [0.5, 0.6) is 5.75 Å². The molecule has 146 valence electrons. The van der Waals surface area contributed by atoms with Crippen LogP contribution in [0, 0.1) is 17.6 Å². The second kappa shape index (κ2) is 8.25. The van der Waals surface area contributed by atoms with E-state index in [1.165, 1.54) is 4.90 Å². The fourth-order valence-corrected chi connectivity index (χ4v) is 3.82. The molecule has 1 heterocycles. The Labute approximate surface area is 160 Å². The van der Waals surface area contributed by atoms with Crippen LogP contribution in [0.2, 0.25) is 5.02 Å². The van der Waals surface area contributed by atoms with Gasteiger partial charge in [0, 0.05) is 6.08 Å². The lowest BCUT2D eigenvalue weighted by Gasteiger charge is -2.30. The molecule has 1 amide bonds. The summed E-state index contributed by atoms with van der Waals surface area (Å²) in [6.45, 7) is -0.159. The van der Waals surface area contributed by atoms with Gasteiger partial charge in [-0.05, 0) is 24.5 Å². The fourth-order valence-electron chi connectivity index (χ4n) is 3.67. The number of rotatable bonds is 6. The molecular weight excluding hydrogens is 380 g/mol. The number of nitrogens with zero attached hydrogens (tertiary/aromatic N) is 1. The van der Waals surface area contributed by atoms with E-state index < -0.39 is 35.3 Å². The first kappa shape index (κ1) is 19.6. The minimum atomic E-state index is -1.09. The fraction of sp³-hybridized carbons (Fsp3) is 0.474. The van der Waals surface area contributed by atoms with Gasteiger partial charge in [0.15, 0.2) is 17.4 Å². The van der Waals surface area contributed by atoms with Crippen molar-refractivity contribution < 1.29 is 28.2 Å². The quantitative estimate of drug-likeness (QED) is 0.730. The number of hydrogen-bond acceptors (Lipinski definition) is 3. The maximum absolute atomic E-state index is 14.0. The average molecular weight is 400 g/mol. The van der Waals surface area contributed by atoms with E-state index in [1.807, 2.05) is 0 Å². The van der Waals surface area contributed by atoms with Gasteiger partial charge < -0.3 is 14.7 Å². The van der Waals surface area contributed by atoms with Gasteiger partial charge in [0.2, 0.25) is 0 Å². The topological polar surface area (TPSA) is 66.8 Å². The van der Waals surface area contributed by atoms with Crippen molar-refractivity contribution in [2.24, 2.45) is 5.92 Å². The molecule has 1 aromatic carbocycles. The lowest BCUT2D eigenvalue weighted by atomic mass is 9.84. The average Bonchev–Trinajstić information content (AvgIpc) is 3.00. The van der Waals surface area contributed by atoms with Crippen LogP contribution in [-0.4, -0.2) is 34.5 Å². The predicted molar refractivity (Wildman–Crippen MR) is 94.4 cm³/mol. The minimum Gasteiger partial charge on any atom is -0.480 e. The Morgan fingerprint density at radius 1 is 1.30 bits per heavy atom. The number of halogens is 3. The van der Waals surface area contributed by atoms with E-state index in [1.54, 1.807) is 0 Å². The molecule has 1 fully saturated rings. The normalized spacial score (nSPS) is 19.1. The Bertz CT molecular complexity index is 777. The van der Waals surface area contributed by atoms with Crippen LogP contribution in [0.1, 0.15) is 38.5 Å². The van der Waals surface area contributed by atoms with Gasteiger partial charge in [0.05, 0.1) is 11.6 Å². The van der Waals surface area contributed by atoms with Gasteiger partial charge in [-0.25, -0.2) is 13.6 Å². The summed E-state index contributed by atoms with van der Waals surface area (Å²) >= 11 is 5.63. The highest BCUT2D eigenvalue weighted by molar-refractivity contribution is 6.30. The van der Waals surface area contributed by atoms with Crippen molar-refractivity contribution in [3.8, 4) is 5.75 Å². The number of carboxylic acids is 1. The van der Waals surface area contributed by atoms with Gasteiger partial charge >= 0.3 is 5.97 Å². The van der Waals surface area contributed by atoms with Crippen molar-refractivity contribution in [2.75, 3.05) is 6.54 Å². The van der Waals surface area contributed by atoms with E-state index in [2.05, 4.69) is 0 Å². The standard InChI is InChI=1S/C19H20ClF2NO4/c20-13-6-7-14(21)18(17(13)22)27-12-9-16(24)23(10-12)15(19(25)26)8-11-4-2-1-3-5-11/h6-7,9,11,15H,1-5,8,10H2,(H,25,26). The summed E-state index contributed by atoms with van der Waals surface area (Å²) < 4.78 is 33.0. The van der Waals surface area contributed by atoms with Gasteiger partial charge in [-0.1, -0.05) is 43.7 Å². The molecule has 0 aromatic heterocycles. The Hall–Kier alpha value is -2.15. The van der Waals surface area contributed by atoms with Crippen LogP contribution in [0.25, 0.3) is 0 Å². The maximum Gasteiger partial charge on any atom is 0.326 e. The Kier molecular flexibility index (Phi) is 5.99. The predicted octanol–water partition coefficient (Wildman–Crippen LogP) is 4.15. The SMILES string of the molecule is O=C(O)C(CC1CCCCC1)N1CC(Oc2c(F)ccc(Cl)c2F)=CC1=O. The van der Waals surface area contributed by atoms with Crippen LogP contribution in [0.15, 0.2) is 24.0 Å². The first-order valence-corrected chi connectivity index (χ1v) is 9.30. The van der Waals surface area contributed by atoms with Crippen LogP contribution in [-0.2, 0) is 9.59 Å². The molecular formula is C19H20ClF2NO4. The number of ether oxygens (including phenoxy) is 1. The van der Waals surface area contributed by atoms with E-state index in [0.717, 1.165) is 50.3 Å². The van der Waals surface area contributed by atoms with Gasteiger partial charge in [-0.2, -0.15) is 0 Å². The molecule has 0 saturated heterocycles. The van der Waals surface area contributed by atoms with Gasteiger partial charge in [0.25, 0.3) is 5.91 Å². The first-order valence-electron chi connectivity index (χ1n) is 8.92. The molecule has 0 bridgehead atoms. The molecule has 8 heteroatoms. The summed E-state index contributed by atoms with van der Waals surface area (Å²) in [5.41, 5.74) is 0. The summed E-state index contributed by atoms with van der Waals surface area (Å²) in [7, 11) is 0. The number of benzene rings is 1. The molecule has 1 atom stereocenters. The second-order valence-electron chi connectivity index (χ2n) is 6.94. The van der Waals surface area contributed by atoms with Crippen LogP contribution < -0.4 is 4.74 Å². The lowest BCUT2D eigenvalue weighted by Crippen LogP contribution is -2.44. The zero-order valence-electron chi connectivity index (χ0n) is 14.6. The molecule has 1 unspecified atom stereocenters. The zero-order valence-corrected chi connectivity index (χ0v) is 15.3. The molecule has 5 nitrogen and oxygen atoms in total. The number of carbonyl (C=O) groups is 2. The Morgan fingerprint density at radius 3 is 2.67 bits per heavy atom. The minimum absolute atomic E-state index is 0.0186. The second-order valence-corrected chi connectivity index (χ2v) is 7.35. The molecule has 0 radical (unpaired) electrons. The van der Waals surface area contributed by atoms with Crippen molar-refractivity contribution in [3.05, 3.63) is 40.6 Å². The molecule has 1 aliphatic carbocycles. The maximum atomic E-state index is 14.0. The molecule has 27 heavy (non-hydrogen) atoms. The van der Waals surface area contributed by atoms with Crippen molar-refractivity contribution in [2.45, 2.75) is 44.6 Å². The van der Waals surface area contributed by atoms with Crippen molar-refractivity contribution >= 4 is 23.5 Å². The first-order chi connectivity index (χ1) is 12.9. The third-order valence-corrected chi connectivity index (χ3v) is 5.36. The van der Waals surface area contributed by atoms with Crippen LogP contribution in [0.3, 0.4) is 0 Å². The molecule has 3 rings (SSSR count). The van der Waals surface area contributed by atoms with E-state index >= 15 is 0 Å². The van der Waals surface area contributed by atoms with Crippen molar-refractivity contribution in [3.63, 3.8) is 0 Å². The highest BCUT2D eigenvalue weighted by Gasteiger charge is 2.36. The summed E-state index contributed by atoms with van der Waals surface area (Å²) in [5.74, 6) is -4.14.